The van der Waals surface area contributed by atoms with Crippen LogP contribution in [-0.2, 0) is 9.53 Å². The van der Waals surface area contributed by atoms with E-state index in [9.17, 15) is 23.7 Å². The number of esters is 1. The lowest BCUT2D eigenvalue weighted by Crippen LogP contribution is -2.27. The Hall–Kier alpha value is -2.09. The minimum Gasteiger partial charge on any atom is -0.469 e. The van der Waals surface area contributed by atoms with E-state index in [0.717, 1.165) is 7.11 Å². The van der Waals surface area contributed by atoms with Crippen LogP contribution in [0.4, 0.5) is 14.5 Å². The van der Waals surface area contributed by atoms with Gasteiger partial charge in [-0.1, -0.05) is 0 Å². The van der Waals surface area contributed by atoms with E-state index in [1.165, 1.54) is 0 Å². The minimum absolute atomic E-state index is 0.317. The van der Waals surface area contributed by atoms with Crippen molar-refractivity contribution in [2.45, 2.75) is 12.3 Å². The number of methoxy groups -OCH3 is 1. The maximum atomic E-state index is 14.1. The summed E-state index contributed by atoms with van der Waals surface area (Å²) >= 11 is 0. The molecule has 0 aromatic heterocycles. The van der Waals surface area contributed by atoms with Crippen LogP contribution >= 0.6 is 0 Å². The topological polar surface area (TPSA) is 81.5 Å². The average Bonchev–Trinajstić information content (AvgIpc) is 2.95. The molecule has 0 spiro atoms. The van der Waals surface area contributed by atoms with Gasteiger partial charge in [0.15, 0.2) is 0 Å². The Balaban J connectivity index is 2.49. The van der Waals surface area contributed by atoms with E-state index >= 15 is 0 Å². The molecule has 2 rings (SSSR count). The standard InChI is InChI=1S/C13H14F2N2O4/c1-21-13(18)11(7-2-3-16-6-7)12-9(14)4-8(17(19)20)5-10(12)15/h4-5,7,11,16H,2-3,6H2,1H3/t7?,11-/m1/s1. The Morgan fingerprint density at radius 3 is 2.52 bits per heavy atom. The molecule has 1 fully saturated rings. The normalized spacial score (nSPS) is 19.3. The number of halogens is 2. The molecule has 21 heavy (non-hydrogen) atoms. The van der Waals surface area contributed by atoms with Crippen LogP contribution in [0.1, 0.15) is 17.9 Å². The number of nitro groups is 1. The number of non-ortho nitro benzene ring substituents is 1. The Bertz CT molecular complexity index is 550. The second kappa shape index (κ2) is 6.13. The van der Waals surface area contributed by atoms with Crippen LogP contribution in [0.15, 0.2) is 12.1 Å². The molecule has 1 aliphatic rings. The van der Waals surface area contributed by atoms with E-state index in [4.69, 9.17) is 0 Å². The monoisotopic (exact) mass is 300 g/mol. The van der Waals surface area contributed by atoms with Gasteiger partial charge < -0.3 is 10.1 Å². The van der Waals surface area contributed by atoms with E-state index in [1.807, 2.05) is 0 Å². The van der Waals surface area contributed by atoms with Gasteiger partial charge in [0.25, 0.3) is 5.69 Å². The summed E-state index contributed by atoms with van der Waals surface area (Å²) in [6.45, 7) is 1.06. The molecule has 1 aliphatic heterocycles. The molecule has 0 saturated carbocycles. The number of carbonyl (C=O) groups excluding carboxylic acids is 1. The highest BCUT2D eigenvalue weighted by Crippen LogP contribution is 2.35. The summed E-state index contributed by atoms with van der Waals surface area (Å²) in [5.41, 5.74) is -1.16. The zero-order valence-corrected chi connectivity index (χ0v) is 11.3. The summed E-state index contributed by atoms with van der Waals surface area (Å²) in [4.78, 5) is 21.6. The van der Waals surface area contributed by atoms with Crippen LogP contribution in [0.3, 0.4) is 0 Å². The van der Waals surface area contributed by atoms with Crippen molar-refractivity contribution < 1.29 is 23.2 Å². The fourth-order valence-corrected chi connectivity index (χ4v) is 2.61. The smallest absolute Gasteiger partial charge is 0.313 e. The van der Waals surface area contributed by atoms with E-state index in [0.29, 0.717) is 31.6 Å². The predicted octanol–water partition coefficient (Wildman–Crippen LogP) is 1.74. The fourth-order valence-electron chi connectivity index (χ4n) is 2.61. The molecule has 0 bridgehead atoms. The van der Waals surface area contributed by atoms with Crippen LogP contribution in [-0.4, -0.2) is 31.1 Å². The first-order valence-electron chi connectivity index (χ1n) is 6.37. The number of nitro benzene ring substituents is 1. The lowest BCUT2D eigenvalue weighted by Gasteiger charge is -2.21. The van der Waals surface area contributed by atoms with Gasteiger partial charge in [0.05, 0.1) is 30.1 Å². The molecule has 1 saturated heterocycles. The number of ether oxygens (including phenoxy) is 1. The molecule has 1 heterocycles. The summed E-state index contributed by atoms with van der Waals surface area (Å²) in [7, 11) is 1.14. The summed E-state index contributed by atoms with van der Waals surface area (Å²) in [5, 5.41) is 13.6. The third-order valence-corrected chi connectivity index (χ3v) is 3.61. The Morgan fingerprint density at radius 2 is 2.10 bits per heavy atom. The van der Waals surface area contributed by atoms with Gasteiger partial charge in [-0.15, -0.1) is 0 Å². The van der Waals surface area contributed by atoms with Gasteiger partial charge in [-0.05, 0) is 25.4 Å². The zero-order valence-electron chi connectivity index (χ0n) is 11.3. The molecule has 0 aliphatic carbocycles. The van der Waals surface area contributed by atoms with Crippen molar-refractivity contribution in [2.75, 3.05) is 20.2 Å². The average molecular weight is 300 g/mol. The Morgan fingerprint density at radius 1 is 1.48 bits per heavy atom. The van der Waals surface area contributed by atoms with Crippen molar-refractivity contribution in [1.29, 1.82) is 0 Å². The van der Waals surface area contributed by atoms with Gasteiger partial charge in [-0.25, -0.2) is 8.78 Å². The molecule has 1 aromatic carbocycles. The van der Waals surface area contributed by atoms with E-state index in [2.05, 4.69) is 10.1 Å². The molecule has 6 nitrogen and oxygen atoms in total. The molecular weight excluding hydrogens is 286 g/mol. The molecule has 2 atom stereocenters. The van der Waals surface area contributed by atoms with Crippen LogP contribution in [0.25, 0.3) is 0 Å². The van der Waals surface area contributed by atoms with Crippen LogP contribution in [0.2, 0.25) is 0 Å². The van der Waals surface area contributed by atoms with Crippen LogP contribution < -0.4 is 5.32 Å². The highest BCUT2D eigenvalue weighted by atomic mass is 19.1. The lowest BCUT2D eigenvalue weighted by atomic mass is 9.84. The summed E-state index contributed by atoms with van der Waals surface area (Å²) in [6.07, 6.45) is 0.565. The van der Waals surface area contributed by atoms with Crippen molar-refractivity contribution >= 4 is 11.7 Å². The second-order valence-electron chi connectivity index (χ2n) is 4.83. The summed E-state index contributed by atoms with van der Waals surface area (Å²) < 4.78 is 32.8. The maximum absolute atomic E-state index is 14.1. The molecule has 8 heteroatoms. The SMILES string of the molecule is COC(=O)[C@@H](c1c(F)cc([N+](=O)[O-])cc1F)C1CCNC1. The summed E-state index contributed by atoms with van der Waals surface area (Å²) in [5.74, 6) is -4.41. The van der Waals surface area contributed by atoms with Gasteiger partial charge in [0, 0.05) is 5.56 Å². The highest BCUT2D eigenvalue weighted by molar-refractivity contribution is 5.79. The van der Waals surface area contributed by atoms with Gasteiger partial charge in [0.1, 0.15) is 11.6 Å². The molecular formula is C13H14F2N2O4. The number of carbonyl (C=O) groups is 1. The Kier molecular flexibility index (Phi) is 4.46. The number of nitrogens with one attached hydrogen (secondary N) is 1. The van der Waals surface area contributed by atoms with Crippen LogP contribution in [0.5, 0.6) is 0 Å². The van der Waals surface area contributed by atoms with Gasteiger partial charge in [0.2, 0.25) is 0 Å². The second-order valence-corrected chi connectivity index (χ2v) is 4.83. The van der Waals surface area contributed by atoms with E-state index in [1.54, 1.807) is 0 Å². The van der Waals surface area contributed by atoms with Crippen molar-refractivity contribution in [1.82, 2.24) is 5.32 Å². The minimum atomic E-state index is -1.12. The largest absolute Gasteiger partial charge is 0.469 e. The van der Waals surface area contributed by atoms with Crippen molar-refractivity contribution in [3.05, 3.63) is 39.4 Å². The predicted molar refractivity (Wildman–Crippen MR) is 68.7 cm³/mol. The van der Waals surface area contributed by atoms with Crippen molar-refractivity contribution in [3.63, 3.8) is 0 Å². The first kappa shape index (κ1) is 15.3. The van der Waals surface area contributed by atoms with Crippen molar-refractivity contribution in [2.24, 2.45) is 5.92 Å². The Labute approximate surface area is 119 Å². The third-order valence-electron chi connectivity index (χ3n) is 3.61. The molecule has 114 valence electrons. The quantitative estimate of drug-likeness (QED) is 0.520. The van der Waals surface area contributed by atoms with Gasteiger partial charge in [-0.2, -0.15) is 0 Å². The first-order chi connectivity index (χ1) is 9.95. The highest BCUT2D eigenvalue weighted by Gasteiger charge is 2.37. The summed E-state index contributed by atoms with van der Waals surface area (Å²) in [6, 6.07) is 1.24. The number of hydrogen-bond acceptors (Lipinski definition) is 5. The zero-order chi connectivity index (χ0) is 15.6. The molecule has 1 aromatic rings. The number of benzene rings is 1. The number of rotatable bonds is 4. The first-order valence-corrected chi connectivity index (χ1v) is 6.37. The number of hydrogen-bond donors (Lipinski definition) is 1. The molecule has 0 amide bonds. The van der Waals surface area contributed by atoms with E-state index < -0.39 is 39.7 Å². The lowest BCUT2D eigenvalue weighted by molar-refractivity contribution is -0.385. The van der Waals surface area contributed by atoms with Gasteiger partial charge >= 0.3 is 5.97 Å². The molecule has 0 radical (unpaired) electrons. The van der Waals surface area contributed by atoms with Gasteiger partial charge in [-0.3, -0.25) is 14.9 Å². The maximum Gasteiger partial charge on any atom is 0.313 e. The fraction of sp³-hybridized carbons (Fsp3) is 0.462. The van der Waals surface area contributed by atoms with E-state index in [-0.39, 0.29) is 5.92 Å². The van der Waals surface area contributed by atoms with Crippen molar-refractivity contribution in [3.8, 4) is 0 Å². The molecule has 1 N–H and O–H groups in total. The van der Waals surface area contributed by atoms with Crippen LogP contribution in [0, 0.1) is 27.7 Å². The number of nitrogens with zero attached hydrogens (tertiary/aromatic N) is 1. The molecule has 1 unspecified atom stereocenters. The third kappa shape index (κ3) is 2.99.